The summed E-state index contributed by atoms with van der Waals surface area (Å²) < 4.78 is 17.3. The largest absolute Gasteiger partial charge is 0.385 e. The first kappa shape index (κ1) is 11.2. The summed E-state index contributed by atoms with van der Waals surface area (Å²) in [5, 5.41) is 4.14. The second kappa shape index (κ2) is 4.67. The molecule has 0 saturated carbocycles. The lowest BCUT2D eigenvalue weighted by Crippen LogP contribution is -1.99. The highest BCUT2D eigenvalue weighted by Crippen LogP contribution is 2.21. The summed E-state index contributed by atoms with van der Waals surface area (Å²) in [5.74, 6) is 0.414. The van der Waals surface area contributed by atoms with Crippen LogP contribution in [-0.4, -0.2) is 14.0 Å². The molecule has 0 aliphatic carbocycles. The van der Waals surface area contributed by atoms with Crippen molar-refractivity contribution in [2.24, 2.45) is 0 Å². The second-order valence-corrected chi connectivity index (χ2v) is 4.43. The number of rotatable bonds is 3. The molecule has 0 amide bonds. The third-order valence-electron chi connectivity index (χ3n) is 2.12. The minimum atomic E-state index is -1.85. The molecule has 0 radical (unpaired) electrons. The topological polar surface area (TPSA) is 44.1 Å². The van der Waals surface area contributed by atoms with Crippen molar-refractivity contribution in [1.29, 1.82) is 0 Å². The van der Waals surface area contributed by atoms with E-state index in [0.717, 1.165) is 11.4 Å². The van der Waals surface area contributed by atoms with Gasteiger partial charge in [-0.15, -0.1) is 0 Å². The van der Waals surface area contributed by atoms with Crippen LogP contribution in [0.3, 0.4) is 0 Å². The van der Waals surface area contributed by atoms with Crippen molar-refractivity contribution in [3.63, 3.8) is 0 Å². The van der Waals surface area contributed by atoms with Crippen molar-refractivity contribution in [1.82, 2.24) is 9.78 Å². The predicted molar refractivity (Wildman–Crippen MR) is 62.9 cm³/mol. The molecule has 0 spiro atoms. The molecule has 16 heavy (non-hydrogen) atoms. The molecule has 2 rings (SSSR count). The van der Waals surface area contributed by atoms with Crippen molar-refractivity contribution in [2.75, 3.05) is 0 Å². The Balaban J connectivity index is 2.37. The Morgan fingerprint density at radius 1 is 1.38 bits per heavy atom. The maximum absolute atomic E-state index is 10.7. The highest BCUT2D eigenvalue weighted by molar-refractivity contribution is 8.04. The molecule has 2 aromatic rings. The maximum atomic E-state index is 10.7. The maximum Gasteiger partial charge on any atom is 0.309 e. The Kier molecular flexibility index (Phi) is 3.26. The number of aromatic nitrogens is 2. The van der Waals surface area contributed by atoms with Crippen LogP contribution in [0.2, 0.25) is 0 Å². The summed E-state index contributed by atoms with van der Waals surface area (Å²) in [7, 11) is 3.40. The minimum absolute atomic E-state index is 0.414. The number of nitrogens with zero attached hydrogens (tertiary/aromatic N) is 2. The molecule has 0 aliphatic heterocycles. The Morgan fingerprint density at radius 2 is 2.06 bits per heavy atom. The highest BCUT2D eigenvalue weighted by atomic mass is 35.7. The average molecular weight is 257 g/mol. The molecule has 0 bridgehead atoms. The normalized spacial score (nSPS) is 12.4. The Bertz CT molecular complexity index is 513. The summed E-state index contributed by atoms with van der Waals surface area (Å²) in [4.78, 5) is 0. The van der Waals surface area contributed by atoms with E-state index in [1.54, 1.807) is 4.68 Å². The number of benzene rings is 1. The van der Waals surface area contributed by atoms with Crippen LogP contribution in [0.25, 0.3) is 5.69 Å². The van der Waals surface area contributed by atoms with Gasteiger partial charge < -0.3 is 4.18 Å². The van der Waals surface area contributed by atoms with Gasteiger partial charge in [0, 0.05) is 10.7 Å². The van der Waals surface area contributed by atoms with Crippen LogP contribution < -0.4 is 4.18 Å². The SMILES string of the molecule is Cc1c(OS(=O)Cl)cnn1-c1ccccc1. The zero-order chi connectivity index (χ0) is 11.5. The Morgan fingerprint density at radius 3 is 2.69 bits per heavy atom. The van der Waals surface area contributed by atoms with Gasteiger partial charge in [0.05, 0.1) is 17.6 Å². The van der Waals surface area contributed by atoms with Gasteiger partial charge in [0.15, 0.2) is 5.75 Å². The molecular weight excluding hydrogens is 248 g/mol. The first-order valence-corrected chi connectivity index (χ1v) is 6.45. The van der Waals surface area contributed by atoms with E-state index < -0.39 is 10.3 Å². The van der Waals surface area contributed by atoms with E-state index in [4.69, 9.17) is 14.9 Å². The van der Waals surface area contributed by atoms with Gasteiger partial charge in [0.25, 0.3) is 0 Å². The fourth-order valence-electron chi connectivity index (χ4n) is 1.38. The van der Waals surface area contributed by atoms with Crippen LogP contribution in [0, 0.1) is 6.92 Å². The van der Waals surface area contributed by atoms with E-state index in [1.165, 1.54) is 6.20 Å². The number of para-hydroxylation sites is 1. The lowest BCUT2D eigenvalue weighted by molar-refractivity contribution is 0.572. The monoisotopic (exact) mass is 256 g/mol. The van der Waals surface area contributed by atoms with E-state index in [-0.39, 0.29) is 0 Å². The Hall–Kier alpha value is -1.33. The third kappa shape index (κ3) is 2.25. The summed E-state index contributed by atoms with van der Waals surface area (Å²) >= 11 is 0. The first-order valence-electron chi connectivity index (χ1n) is 4.55. The molecule has 0 aliphatic rings. The quantitative estimate of drug-likeness (QED) is 0.792. The van der Waals surface area contributed by atoms with Gasteiger partial charge in [-0.1, -0.05) is 18.2 Å². The van der Waals surface area contributed by atoms with Crippen LogP contribution in [0.4, 0.5) is 0 Å². The van der Waals surface area contributed by atoms with Gasteiger partial charge in [0.2, 0.25) is 0 Å². The summed E-state index contributed by atoms with van der Waals surface area (Å²) in [5.41, 5.74) is 1.66. The van der Waals surface area contributed by atoms with Crippen molar-refractivity contribution >= 4 is 21.0 Å². The molecule has 1 aromatic heterocycles. The van der Waals surface area contributed by atoms with Gasteiger partial charge >= 0.3 is 10.3 Å². The molecule has 0 saturated heterocycles. The molecule has 1 unspecified atom stereocenters. The van der Waals surface area contributed by atoms with Crippen molar-refractivity contribution in [3.8, 4) is 11.4 Å². The van der Waals surface area contributed by atoms with E-state index in [2.05, 4.69) is 5.10 Å². The Labute approximate surface area is 100.0 Å². The molecule has 0 fully saturated rings. The fraction of sp³-hybridized carbons (Fsp3) is 0.100. The second-order valence-electron chi connectivity index (χ2n) is 3.12. The van der Waals surface area contributed by atoms with Gasteiger partial charge in [-0.05, 0) is 19.1 Å². The van der Waals surface area contributed by atoms with Crippen LogP contribution in [0.5, 0.6) is 5.75 Å². The van der Waals surface area contributed by atoms with Crippen LogP contribution in [0.1, 0.15) is 5.69 Å². The smallest absolute Gasteiger partial charge is 0.309 e. The van der Waals surface area contributed by atoms with Crippen molar-refractivity contribution in [3.05, 3.63) is 42.2 Å². The van der Waals surface area contributed by atoms with Gasteiger partial charge in [-0.25, -0.2) is 4.68 Å². The van der Waals surface area contributed by atoms with Crippen LogP contribution >= 0.6 is 10.7 Å². The van der Waals surface area contributed by atoms with E-state index >= 15 is 0 Å². The lowest BCUT2D eigenvalue weighted by atomic mass is 10.3. The van der Waals surface area contributed by atoms with Crippen LogP contribution in [-0.2, 0) is 10.3 Å². The molecule has 0 N–H and O–H groups in total. The van der Waals surface area contributed by atoms with Gasteiger partial charge in [0.1, 0.15) is 0 Å². The number of halogens is 1. The summed E-state index contributed by atoms with van der Waals surface area (Å²) in [6.07, 6.45) is 1.49. The summed E-state index contributed by atoms with van der Waals surface area (Å²) in [6, 6.07) is 9.59. The molecule has 1 heterocycles. The zero-order valence-electron chi connectivity index (χ0n) is 8.46. The molecular formula is C10H9ClN2O2S. The molecule has 84 valence electrons. The first-order chi connectivity index (χ1) is 7.68. The van der Waals surface area contributed by atoms with Gasteiger partial charge in [-0.2, -0.15) is 9.31 Å². The van der Waals surface area contributed by atoms with Crippen molar-refractivity contribution in [2.45, 2.75) is 6.92 Å². The van der Waals surface area contributed by atoms with E-state index in [1.807, 2.05) is 37.3 Å². The summed E-state index contributed by atoms with van der Waals surface area (Å²) in [6.45, 7) is 1.82. The average Bonchev–Trinajstić information content (AvgIpc) is 2.61. The highest BCUT2D eigenvalue weighted by Gasteiger charge is 2.10. The molecule has 6 heteroatoms. The molecule has 1 atom stereocenters. The van der Waals surface area contributed by atoms with Crippen molar-refractivity contribution < 1.29 is 8.39 Å². The number of hydrogen-bond donors (Lipinski definition) is 0. The lowest BCUT2D eigenvalue weighted by Gasteiger charge is -2.04. The molecule has 1 aromatic carbocycles. The molecule has 4 nitrogen and oxygen atoms in total. The van der Waals surface area contributed by atoms with Crippen LogP contribution in [0.15, 0.2) is 36.5 Å². The predicted octanol–water partition coefficient (Wildman–Crippen LogP) is 2.38. The third-order valence-corrected chi connectivity index (χ3v) is 2.62. The standard InChI is InChI=1S/C10H9ClN2O2S/c1-8-10(15-16(11)14)7-12-13(8)9-5-3-2-4-6-9/h2-7H,1H3. The van der Waals surface area contributed by atoms with E-state index in [0.29, 0.717) is 5.75 Å². The zero-order valence-corrected chi connectivity index (χ0v) is 10.0. The fourth-order valence-corrected chi connectivity index (χ4v) is 1.88. The number of hydrogen-bond acceptors (Lipinski definition) is 3. The van der Waals surface area contributed by atoms with E-state index in [9.17, 15) is 4.21 Å². The van der Waals surface area contributed by atoms with Gasteiger partial charge in [-0.3, -0.25) is 0 Å². The minimum Gasteiger partial charge on any atom is -0.385 e.